The van der Waals surface area contributed by atoms with Crippen LogP contribution in [-0.4, -0.2) is 17.1 Å². The number of carboxylic acids is 1. The molecule has 0 fully saturated rings. The van der Waals surface area contributed by atoms with E-state index in [1.165, 1.54) is 0 Å². The predicted molar refractivity (Wildman–Crippen MR) is 53.4 cm³/mol. The van der Waals surface area contributed by atoms with Crippen LogP contribution in [0.2, 0.25) is 0 Å². The van der Waals surface area contributed by atoms with Crippen molar-refractivity contribution in [1.82, 2.24) is 0 Å². The van der Waals surface area contributed by atoms with E-state index in [0.29, 0.717) is 5.92 Å². The third-order valence-electron chi connectivity index (χ3n) is 1.78. The lowest BCUT2D eigenvalue weighted by Gasteiger charge is -2.09. The van der Waals surface area contributed by atoms with Gasteiger partial charge >= 0.3 is 5.97 Å². The maximum Gasteiger partial charge on any atom is 0.310 e. The summed E-state index contributed by atoms with van der Waals surface area (Å²) in [5.74, 6) is -0.717. The van der Waals surface area contributed by atoms with Crippen LogP contribution in [-0.2, 0) is 4.79 Å². The monoisotopic (exact) mass is 185 g/mol. The van der Waals surface area contributed by atoms with Gasteiger partial charge in [-0.15, -0.1) is 0 Å². The number of carboxylic acid groups (broad SMARTS) is 1. The number of carbonyl (C=O) groups is 1. The Hall–Kier alpha value is -0.830. The fraction of sp³-hybridized carbons (Fsp3) is 0.700. The summed E-state index contributed by atoms with van der Waals surface area (Å²) in [5.41, 5.74) is 5.74. The van der Waals surface area contributed by atoms with E-state index in [1.807, 2.05) is 0 Å². The summed E-state index contributed by atoms with van der Waals surface area (Å²) < 4.78 is 0. The van der Waals surface area contributed by atoms with Crippen molar-refractivity contribution in [2.75, 3.05) is 0 Å². The first-order chi connectivity index (χ1) is 5.93. The average molecular weight is 185 g/mol. The van der Waals surface area contributed by atoms with Crippen molar-refractivity contribution in [1.29, 1.82) is 0 Å². The van der Waals surface area contributed by atoms with Crippen LogP contribution in [0.3, 0.4) is 0 Å². The predicted octanol–water partition coefficient (Wildman–Crippen LogP) is 1.64. The van der Waals surface area contributed by atoms with E-state index < -0.39 is 11.9 Å². The molecule has 13 heavy (non-hydrogen) atoms. The van der Waals surface area contributed by atoms with Crippen LogP contribution >= 0.6 is 0 Å². The van der Waals surface area contributed by atoms with Gasteiger partial charge in [0.1, 0.15) is 0 Å². The molecule has 3 N–H and O–H groups in total. The standard InChI is InChI=1S/C10H19NO2/c1-7(2)6-9(11)5-4-8(3)10(12)13/h4-5,7-9H,6,11H2,1-3H3,(H,12,13)/b5-4+. The number of aliphatic carboxylic acids is 1. The third kappa shape index (κ3) is 6.34. The molecule has 0 aliphatic rings. The summed E-state index contributed by atoms with van der Waals surface area (Å²) in [7, 11) is 0. The highest BCUT2D eigenvalue weighted by Crippen LogP contribution is 2.05. The molecule has 3 heteroatoms. The van der Waals surface area contributed by atoms with Gasteiger partial charge in [-0.25, -0.2) is 0 Å². The Balaban J connectivity index is 3.89. The zero-order valence-electron chi connectivity index (χ0n) is 8.53. The largest absolute Gasteiger partial charge is 0.481 e. The first-order valence-corrected chi connectivity index (χ1v) is 4.60. The van der Waals surface area contributed by atoms with Gasteiger partial charge in [-0.05, 0) is 19.3 Å². The van der Waals surface area contributed by atoms with E-state index in [2.05, 4.69) is 13.8 Å². The molecule has 0 heterocycles. The molecule has 0 aromatic carbocycles. The van der Waals surface area contributed by atoms with Crippen molar-refractivity contribution in [3.8, 4) is 0 Å². The molecule has 0 aliphatic carbocycles. The Kier molecular flexibility index (Phi) is 5.39. The van der Waals surface area contributed by atoms with Crippen molar-refractivity contribution in [3.63, 3.8) is 0 Å². The minimum absolute atomic E-state index is 0.0261. The van der Waals surface area contributed by atoms with Crippen LogP contribution in [0.1, 0.15) is 27.2 Å². The van der Waals surface area contributed by atoms with Crippen LogP contribution in [0.15, 0.2) is 12.2 Å². The molecular formula is C10H19NO2. The Labute approximate surface area is 79.6 Å². The molecule has 0 spiro atoms. The molecule has 0 saturated carbocycles. The van der Waals surface area contributed by atoms with Gasteiger partial charge in [0.15, 0.2) is 0 Å². The van der Waals surface area contributed by atoms with Gasteiger partial charge in [0, 0.05) is 6.04 Å². The fourth-order valence-electron chi connectivity index (χ4n) is 1.01. The van der Waals surface area contributed by atoms with Crippen molar-refractivity contribution >= 4 is 5.97 Å². The Morgan fingerprint density at radius 2 is 1.92 bits per heavy atom. The van der Waals surface area contributed by atoms with Crippen LogP contribution < -0.4 is 5.73 Å². The highest BCUT2D eigenvalue weighted by Gasteiger charge is 2.07. The number of hydrogen-bond donors (Lipinski definition) is 2. The van der Waals surface area contributed by atoms with E-state index in [1.54, 1.807) is 19.1 Å². The zero-order chi connectivity index (χ0) is 10.4. The lowest BCUT2D eigenvalue weighted by atomic mass is 10.0. The molecule has 3 nitrogen and oxygen atoms in total. The van der Waals surface area contributed by atoms with Crippen LogP contribution in [0.5, 0.6) is 0 Å². The van der Waals surface area contributed by atoms with E-state index in [-0.39, 0.29) is 6.04 Å². The summed E-state index contributed by atoms with van der Waals surface area (Å²) >= 11 is 0. The molecule has 0 aromatic heterocycles. The molecular weight excluding hydrogens is 166 g/mol. The van der Waals surface area contributed by atoms with Gasteiger partial charge < -0.3 is 10.8 Å². The minimum atomic E-state index is -0.812. The van der Waals surface area contributed by atoms with Gasteiger partial charge in [-0.1, -0.05) is 26.0 Å². The van der Waals surface area contributed by atoms with Crippen LogP contribution in [0.4, 0.5) is 0 Å². The molecule has 76 valence electrons. The Bertz CT molecular complexity index is 187. The lowest BCUT2D eigenvalue weighted by molar-refractivity contribution is -0.139. The molecule has 0 radical (unpaired) electrons. The van der Waals surface area contributed by atoms with Gasteiger partial charge in [0.2, 0.25) is 0 Å². The van der Waals surface area contributed by atoms with Gasteiger partial charge in [-0.2, -0.15) is 0 Å². The molecule has 0 saturated heterocycles. The lowest BCUT2D eigenvalue weighted by Crippen LogP contribution is -2.19. The first kappa shape index (κ1) is 12.2. The second kappa shape index (κ2) is 5.75. The molecule has 0 amide bonds. The maximum absolute atomic E-state index is 10.4. The van der Waals surface area contributed by atoms with E-state index >= 15 is 0 Å². The van der Waals surface area contributed by atoms with Crippen LogP contribution in [0, 0.1) is 11.8 Å². The van der Waals surface area contributed by atoms with Crippen molar-refractivity contribution in [2.45, 2.75) is 33.2 Å². The van der Waals surface area contributed by atoms with Gasteiger partial charge in [0.25, 0.3) is 0 Å². The summed E-state index contributed by atoms with van der Waals surface area (Å²) in [5, 5.41) is 8.58. The smallest absolute Gasteiger partial charge is 0.310 e. The second-order valence-electron chi connectivity index (χ2n) is 3.81. The Morgan fingerprint density at radius 1 is 1.38 bits per heavy atom. The summed E-state index contributed by atoms with van der Waals surface area (Å²) in [6, 6.07) is -0.0261. The van der Waals surface area contributed by atoms with E-state index in [9.17, 15) is 4.79 Å². The Morgan fingerprint density at radius 3 is 2.31 bits per heavy atom. The van der Waals surface area contributed by atoms with Crippen molar-refractivity contribution in [2.24, 2.45) is 17.6 Å². The SMILES string of the molecule is CC(C)CC(N)/C=C/C(C)C(=O)O. The molecule has 2 atom stereocenters. The normalized spacial score (nSPS) is 16.4. The highest BCUT2D eigenvalue weighted by atomic mass is 16.4. The summed E-state index contributed by atoms with van der Waals surface area (Å²) in [4.78, 5) is 10.4. The van der Waals surface area contributed by atoms with Crippen molar-refractivity contribution in [3.05, 3.63) is 12.2 Å². The van der Waals surface area contributed by atoms with Gasteiger partial charge in [-0.3, -0.25) is 4.79 Å². The molecule has 0 bridgehead atoms. The number of hydrogen-bond acceptors (Lipinski definition) is 2. The first-order valence-electron chi connectivity index (χ1n) is 4.60. The summed E-state index contributed by atoms with van der Waals surface area (Å²) in [6.07, 6.45) is 4.32. The quantitative estimate of drug-likeness (QED) is 0.640. The third-order valence-corrected chi connectivity index (χ3v) is 1.78. The topological polar surface area (TPSA) is 63.3 Å². The highest BCUT2D eigenvalue weighted by molar-refractivity contribution is 5.71. The average Bonchev–Trinajstić information content (AvgIpc) is 1.98. The molecule has 0 rings (SSSR count). The number of rotatable bonds is 5. The molecule has 0 aromatic rings. The zero-order valence-corrected chi connectivity index (χ0v) is 8.53. The van der Waals surface area contributed by atoms with E-state index in [4.69, 9.17) is 10.8 Å². The van der Waals surface area contributed by atoms with E-state index in [0.717, 1.165) is 6.42 Å². The minimum Gasteiger partial charge on any atom is -0.481 e. The number of nitrogens with two attached hydrogens (primary N) is 1. The van der Waals surface area contributed by atoms with Crippen molar-refractivity contribution < 1.29 is 9.90 Å². The fourth-order valence-corrected chi connectivity index (χ4v) is 1.01. The molecule has 0 aliphatic heterocycles. The van der Waals surface area contributed by atoms with Gasteiger partial charge in [0.05, 0.1) is 5.92 Å². The maximum atomic E-state index is 10.4. The molecule has 2 unspecified atom stereocenters. The second-order valence-corrected chi connectivity index (χ2v) is 3.81. The summed E-state index contributed by atoms with van der Waals surface area (Å²) in [6.45, 7) is 5.82. The van der Waals surface area contributed by atoms with Crippen LogP contribution in [0.25, 0.3) is 0 Å².